The van der Waals surface area contributed by atoms with E-state index in [1.807, 2.05) is 11.8 Å². The summed E-state index contributed by atoms with van der Waals surface area (Å²) in [5.74, 6) is 0. The lowest BCUT2D eigenvalue weighted by Crippen LogP contribution is -2.43. The zero-order valence-corrected chi connectivity index (χ0v) is 8.11. The summed E-state index contributed by atoms with van der Waals surface area (Å²) in [5, 5.41) is 38.1. The average molecular weight is 203 g/mol. The normalized spacial score (nSPS) is 53.8. The van der Waals surface area contributed by atoms with Gasteiger partial charge in [0.25, 0.3) is 0 Å². The number of aliphatic hydroxyl groups excluding tert-OH is 4. The van der Waals surface area contributed by atoms with Gasteiger partial charge >= 0.3 is 0 Å². The first-order valence-electron chi connectivity index (χ1n) is 5.00. The monoisotopic (exact) mass is 203 g/mol. The van der Waals surface area contributed by atoms with Crippen LogP contribution < -0.4 is 0 Å². The molecule has 0 aromatic rings. The number of nitrogens with zero attached hydrogens (tertiary/aromatic N) is 1. The molecule has 2 rings (SSSR count). The van der Waals surface area contributed by atoms with Gasteiger partial charge in [-0.1, -0.05) is 0 Å². The SMILES string of the molecule is C[C@@H]1C[C@@H](O)[C@@H]2[C@H](O)[C@H](O)[C@H](CO)N21. The Morgan fingerprint density at radius 3 is 2.43 bits per heavy atom. The summed E-state index contributed by atoms with van der Waals surface area (Å²) < 4.78 is 0. The Morgan fingerprint density at radius 2 is 1.86 bits per heavy atom. The van der Waals surface area contributed by atoms with Crippen molar-refractivity contribution in [1.29, 1.82) is 0 Å². The zero-order valence-electron chi connectivity index (χ0n) is 8.11. The van der Waals surface area contributed by atoms with Crippen LogP contribution in [0.15, 0.2) is 0 Å². The predicted molar refractivity (Wildman–Crippen MR) is 48.6 cm³/mol. The van der Waals surface area contributed by atoms with Crippen molar-refractivity contribution in [3.05, 3.63) is 0 Å². The summed E-state index contributed by atoms with van der Waals surface area (Å²) in [6.07, 6.45) is -1.92. The summed E-state index contributed by atoms with van der Waals surface area (Å²) >= 11 is 0. The van der Waals surface area contributed by atoms with E-state index in [1.165, 1.54) is 0 Å². The second-order valence-corrected chi connectivity index (χ2v) is 4.32. The highest BCUT2D eigenvalue weighted by Crippen LogP contribution is 2.37. The third kappa shape index (κ3) is 1.20. The predicted octanol–water partition coefficient (Wildman–Crippen LogP) is -2.09. The van der Waals surface area contributed by atoms with Crippen LogP contribution in [-0.2, 0) is 0 Å². The molecule has 2 aliphatic rings. The summed E-state index contributed by atoms with van der Waals surface area (Å²) in [5.41, 5.74) is 0. The van der Waals surface area contributed by atoms with Crippen LogP contribution in [0.25, 0.3) is 0 Å². The fraction of sp³-hybridized carbons (Fsp3) is 1.00. The molecule has 0 bridgehead atoms. The second kappa shape index (κ2) is 3.43. The summed E-state index contributed by atoms with van der Waals surface area (Å²) in [7, 11) is 0. The van der Waals surface area contributed by atoms with Gasteiger partial charge in [-0.15, -0.1) is 0 Å². The maximum Gasteiger partial charge on any atom is 0.0995 e. The Hall–Kier alpha value is -0.200. The molecule has 4 N–H and O–H groups in total. The Labute approximate surface area is 82.6 Å². The molecule has 0 radical (unpaired) electrons. The quantitative estimate of drug-likeness (QED) is 0.392. The molecule has 6 atom stereocenters. The Morgan fingerprint density at radius 1 is 1.21 bits per heavy atom. The summed E-state index contributed by atoms with van der Waals surface area (Å²) in [6, 6.07) is -0.766. The van der Waals surface area contributed by atoms with Crippen LogP contribution in [0.1, 0.15) is 13.3 Å². The van der Waals surface area contributed by atoms with E-state index < -0.39 is 30.4 Å². The maximum atomic E-state index is 9.69. The van der Waals surface area contributed by atoms with Gasteiger partial charge in [-0.05, 0) is 13.3 Å². The number of hydrogen-bond donors (Lipinski definition) is 4. The molecule has 2 fully saturated rings. The molecular weight excluding hydrogens is 186 g/mol. The van der Waals surface area contributed by atoms with Crippen LogP contribution in [-0.4, -0.2) is 68.4 Å². The van der Waals surface area contributed by atoms with E-state index in [0.717, 1.165) is 0 Å². The Kier molecular flexibility index (Phi) is 2.53. The smallest absolute Gasteiger partial charge is 0.0995 e. The molecule has 5 nitrogen and oxygen atoms in total. The van der Waals surface area contributed by atoms with Crippen LogP contribution in [0.4, 0.5) is 0 Å². The molecule has 14 heavy (non-hydrogen) atoms. The van der Waals surface area contributed by atoms with E-state index in [-0.39, 0.29) is 12.6 Å². The number of hydrogen-bond acceptors (Lipinski definition) is 5. The zero-order chi connectivity index (χ0) is 10.5. The highest BCUT2D eigenvalue weighted by molar-refractivity contribution is 5.09. The van der Waals surface area contributed by atoms with Crippen molar-refractivity contribution < 1.29 is 20.4 Å². The van der Waals surface area contributed by atoms with E-state index in [9.17, 15) is 15.3 Å². The number of aliphatic hydroxyl groups is 4. The van der Waals surface area contributed by atoms with E-state index in [2.05, 4.69) is 0 Å². The topological polar surface area (TPSA) is 84.2 Å². The van der Waals surface area contributed by atoms with E-state index in [4.69, 9.17) is 5.11 Å². The highest BCUT2D eigenvalue weighted by atomic mass is 16.3. The minimum atomic E-state index is -0.956. The van der Waals surface area contributed by atoms with E-state index in [1.54, 1.807) is 0 Å². The first-order valence-corrected chi connectivity index (χ1v) is 5.00. The van der Waals surface area contributed by atoms with Gasteiger partial charge in [-0.3, -0.25) is 4.90 Å². The molecule has 0 spiro atoms. The van der Waals surface area contributed by atoms with Crippen LogP contribution in [0, 0.1) is 0 Å². The van der Waals surface area contributed by atoms with Gasteiger partial charge in [0.1, 0.15) is 0 Å². The lowest BCUT2D eigenvalue weighted by atomic mass is 10.0. The van der Waals surface area contributed by atoms with Crippen LogP contribution in [0.3, 0.4) is 0 Å². The van der Waals surface area contributed by atoms with Crippen molar-refractivity contribution in [2.75, 3.05) is 6.61 Å². The molecule has 0 aromatic heterocycles. The largest absolute Gasteiger partial charge is 0.395 e. The highest BCUT2D eigenvalue weighted by Gasteiger charge is 2.55. The first kappa shape index (κ1) is 10.3. The average Bonchev–Trinajstić information content (AvgIpc) is 2.55. The minimum absolute atomic E-state index is 0.0962. The molecule has 0 amide bonds. The van der Waals surface area contributed by atoms with Crippen molar-refractivity contribution >= 4 is 0 Å². The van der Waals surface area contributed by atoms with Gasteiger partial charge in [-0.25, -0.2) is 0 Å². The third-order valence-corrected chi connectivity index (χ3v) is 3.49. The van der Waals surface area contributed by atoms with Crippen molar-refractivity contribution in [3.8, 4) is 0 Å². The van der Waals surface area contributed by atoms with Gasteiger partial charge < -0.3 is 20.4 Å². The fourth-order valence-electron chi connectivity index (χ4n) is 2.86. The van der Waals surface area contributed by atoms with Gasteiger partial charge in [-0.2, -0.15) is 0 Å². The lowest BCUT2D eigenvalue weighted by molar-refractivity contribution is -0.00155. The summed E-state index contributed by atoms with van der Waals surface area (Å²) in [6.45, 7) is 1.74. The molecule has 0 unspecified atom stereocenters. The van der Waals surface area contributed by atoms with Crippen molar-refractivity contribution in [1.82, 2.24) is 4.90 Å². The second-order valence-electron chi connectivity index (χ2n) is 4.32. The molecule has 2 aliphatic heterocycles. The van der Waals surface area contributed by atoms with Gasteiger partial charge in [0.15, 0.2) is 0 Å². The number of fused-ring (bicyclic) bond motifs is 1. The maximum absolute atomic E-state index is 9.69. The van der Waals surface area contributed by atoms with Gasteiger partial charge in [0, 0.05) is 6.04 Å². The third-order valence-electron chi connectivity index (χ3n) is 3.49. The van der Waals surface area contributed by atoms with Crippen LogP contribution in [0.5, 0.6) is 0 Å². The van der Waals surface area contributed by atoms with Crippen molar-refractivity contribution in [2.45, 2.75) is 49.8 Å². The van der Waals surface area contributed by atoms with Crippen molar-refractivity contribution in [3.63, 3.8) is 0 Å². The number of rotatable bonds is 1. The lowest BCUT2D eigenvalue weighted by Gasteiger charge is -2.27. The molecule has 0 saturated carbocycles. The molecule has 82 valence electrons. The first-order chi connectivity index (χ1) is 6.57. The standard InChI is InChI=1S/C9H17NO4/c1-4-2-6(12)7-9(14)8(13)5(3-11)10(4)7/h4-9,11-14H,2-3H2,1H3/t4-,5+,6-,7-,8-,9+/m1/s1. The van der Waals surface area contributed by atoms with Crippen LogP contribution >= 0.6 is 0 Å². The molecule has 2 heterocycles. The van der Waals surface area contributed by atoms with E-state index in [0.29, 0.717) is 6.42 Å². The van der Waals surface area contributed by atoms with Crippen molar-refractivity contribution in [2.24, 2.45) is 0 Å². The van der Waals surface area contributed by atoms with Crippen LogP contribution in [0.2, 0.25) is 0 Å². The Bertz CT molecular complexity index is 225. The molecule has 0 aromatic carbocycles. The van der Waals surface area contributed by atoms with Gasteiger partial charge in [0.05, 0.1) is 37.0 Å². The minimum Gasteiger partial charge on any atom is -0.395 e. The molecular formula is C9H17NO4. The molecule has 0 aliphatic carbocycles. The summed E-state index contributed by atoms with van der Waals surface area (Å²) in [4.78, 5) is 1.83. The molecule has 5 heteroatoms. The Balaban J connectivity index is 2.25. The van der Waals surface area contributed by atoms with Gasteiger partial charge in [0.2, 0.25) is 0 Å². The van der Waals surface area contributed by atoms with E-state index >= 15 is 0 Å². The fourth-order valence-corrected chi connectivity index (χ4v) is 2.86. The molecule has 2 saturated heterocycles.